The number of hydrogen-bond donors (Lipinski definition) is 2. The molecule has 3 aromatic rings. The number of nitrogens with one attached hydrogen (secondary N) is 2. The number of ether oxygens (including phenoxy) is 1. The van der Waals surface area contributed by atoms with Crippen LogP contribution in [0.1, 0.15) is 52.0 Å². The largest absolute Gasteiger partial charge is 0.444 e. The van der Waals surface area contributed by atoms with Gasteiger partial charge in [0.15, 0.2) is 9.84 Å². The molecule has 0 atom stereocenters. The van der Waals surface area contributed by atoms with E-state index < -0.39 is 32.4 Å². The number of benzene rings is 1. The lowest BCUT2D eigenvalue weighted by Crippen LogP contribution is -2.58. The van der Waals surface area contributed by atoms with Crippen LogP contribution in [-0.4, -0.2) is 65.4 Å². The molecule has 0 unspecified atom stereocenters. The molecule has 3 heterocycles. The summed E-state index contributed by atoms with van der Waals surface area (Å²) in [5, 5.41) is 5.92. The molecule has 0 spiro atoms. The molecule has 44 heavy (non-hydrogen) atoms. The fraction of sp³-hybridized carbons (Fsp3) is 0.452. The number of rotatable bonds is 7. The lowest BCUT2D eigenvalue weighted by molar-refractivity contribution is -0.137. The van der Waals surface area contributed by atoms with Gasteiger partial charge in [-0.1, -0.05) is 12.1 Å². The molecule has 2 aromatic heterocycles. The lowest BCUT2D eigenvalue weighted by atomic mass is 9.95. The van der Waals surface area contributed by atoms with Crippen LogP contribution in [0.15, 0.2) is 65.8 Å². The SMILES string of the molecule is CC(C)(C)OC(=O)N1CC(Nc2cc(-c3ccc(S(=O)(=O)C4CCC(Nc5ccc(C(F)(F)F)cn5)CC4)cc3)ccn2)C1. The Morgan fingerprint density at radius 3 is 2.11 bits per heavy atom. The van der Waals surface area contributed by atoms with E-state index >= 15 is 0 Å². The number of likely N-dealkylation sites (tertiary alicyclic amines) is 1. The summed E-state index contributed by atoms with van der Waals surface area (Å²) in [6.45, 7) is 6.51. The van der Waals surface area contributed by atoms with E-state index in [9.17, 15) is 26.4 Å². The molecule has 2 aliphatic rings. The number of nitrogens with zero attached hydrogens (tertiary/aromatic N) is 3. The third-order valence-corrected chi connectivity index (χ3v) is 10.00. The average molecular weight is 632 g/mol. The first-order chi connectivity index (χ1) is 20.7. The summed E-state index contributed by atoms with van der Waals surface area (Å²) < 4.78 is 70.5. The highest BCUT2D eigenvalue weighted by Gasteiger charge is 2.35. The van der Waals surface area contributed by atoms with E-state index in [-0.39, 0.29) is 23.1 Å². The standard InChI is InChI=1S/C31H36F3N5O4S/c1-30(2,3)43-29(40)39-18-24(19-39)38-28-16-21(14-15-35-28)20-4-9-25(10-5-20)44(41,42)26-11-7-23(8-12-26)37-27-13-6-22(17-36-27)31(32,33)34/h4-6,9-10,13-17,23-24,26H,7-8,11-12,18-19H2,1-3H3,(H,35,38)(H,36,37). The number of halogens is 3. The molecule has 9 nitrogen and oxygen atoms in total. The second kappa shape index (κ2) is 12.3. The Kier molecular flexibility index (Phi) is 8.79. The van der Waals surface area contributed by atoms with Crippen LogP contribution in [0.4, 0.5) is 29.6 Å². The highest BCUT2D eigenvalue weighted by atomic mass is 32.2. The zero-order valence-corrected chi connectivity index (χ0v) is 25.6. The summed E-state index contributed by atoms with van der Waals surface area (Å²) in [6.07, 6.45) is -0.309. The molecule has 1 aliphatic carbocycles. The van der Waals surface area contributed by atoms with Crippen molar-refractivity contribution >= 4 is 27.6 Å². The van der Waals surface area contributed by atoms with Gasteiger partial charge >= 0.3 is 12.3 Å². The first kappa shape index (κ1) is 31.6. The maximum absolute atomic E-state index is 13.4. The number of hydrogen-bond acceptors (Lipinski definition) is 8. The minimum atomic E-state index is -4.45. The van der Waals surface area contributed by atoms with Crippen molar-refractivity contribution in [3.8, 4) is 11.1 Å². The van der Waals surface area contributed by atoms with Crippen molar-refractivity contribution in [2.24, 2.45) is 0 Å². The van der Waals surface area contributed by atoms with Crippen LogP contribution in [-0.2, 0) is 20.8 Å². The number of amides is 1. The Morgan fingerprint density at radius 1 is 0.864 bits per heavy atom. The molecular weight excluding hydrogens is 595 g/mol. The van der Waals surface area contributed by atoms with E-state index in [1.165, 1.54) is 6.07 Å². The van der Waals surface area contributed by atoms with Gasteiger partial charge in [0.05, 0.1) is 21.8 Å². The summed E-state index contributed by atoms with van der Waals surface area (Å²) in [6, 6.07) is 12.8. The van der Waals surface area contributed by atoms with Crippen LogP contribution in [0.3, 0.4) is 0 Å². The second-order valence-electron chi connectivity index (χ2n) is 12.3. The van der Waals surface area contributed by atoms with Gasteiger partial charge in [-0.15, -0.1) is 0 Å². The third-order valence-electron chi connectivity index (χ3n) is 7.72. The monoisotopic (exact) mass is 631 g/mol. The van der Waals surface area contributed by atoms with Gasteiger partial charge < -0.3 is 20.3 Å². The van der Waals surface area contributed by atoms with Gasteiger partial charge in [-0.2, -0.15) is 13.2 Å². The maximum atomic E-state index is 13.4. The Bertz CT molecular complexity index is 1560. The number of aromatic nitrogens is 2. The van der Waals surface area contributed by atoms with Gasteiger partial charge in [-0.3, -0.25) is 0 Å². The van der Waals surface area contributed by atoms with Crippen LogP contribution in [0.5, 0.6) is 0 Å². The number of carbonyl (C=O) groups is 1. The second-order valence-corrected chi connectivity index (χ2v) is 14.5. The van der Waals surface area contributed by atoms with Crippen molar-refractivity contribution in [2.75, 3.05) is 23.7 Å². The summed E-state index contributed by atoms with van der Waals surface area (Å²) in [5.74, 6) is 0.995. The lowest BCUT2D eigenvalue weighted by Gasteiger charge is -2.40. The quantitative estimate of drug-likeness (QED) is 0.309. The normalized spacial score (nSPS) is 19.6. The molecule has 1 saturated heterocycles. The van der Waals surface area contributed by atoms with Gasteiger partial charge in [0, 0.05) is 31.5 Å². The fourth-order valence-corrected chi connectivity index (χ4v) is 7.14. The van der Waals surface area contributed by atoms with E-state index in [2.05, 4.69) is 20.6 Å². The maximum Gasteiger partial charge on any atom is 0.417 e. The molecule has 5 rings (SSSR count). The van der Waals surface area contributed by atoms with Crippen LogP contribution in [0.25, 0.3) is 11.1 Å². The molecule has 2 fully saturated rings. The number of carbonyl (C=O) groups excluding carboxylic acids is 1. The zero-order valence-electron chi connectivity index (χ0n) is 24.8. The van der Waals surface area contributed by atoms with Crippen LogP contribution in [0, 0.1) is 0 Å². The van der Waals surface area contributed by atoms with Crippen LogP contribution >= 0.6 is 0 Å². The summed E-state index contributed by atoms with van der Waals surface area (Å²) in [4.78, 5) is 22.3. The van der Waals surface area contributed by atoms with Crippen molar-refractivity contribution < 1.29 is 31.1 Å². The zero-order chi connectivity index (χ0) is 31.7. The van der Waals surface area contributed by atoms with Crippen molar-refractivity contribution in [1.82, 2.24) is 14.9 Å². The topological polar surface area (TPSA) is 114 Å². The van der Waals surface area contributed by atoms with Crippen molar-refractivity contribution in [2.45, 2.75) is 80.5 Å². The molecular formula is C31H36F3N5O4S. The smallest absolute Gasteiger partial charge is 0.417 e. The number of anilines is 2. The molecule has 2 N–H and O–H groups in total. The highest BCUT2D eigenvalue weighted by molar-refractivity contribution is 7.92. The van der Waals surface area contributed by atoms with E-state index in [1.54, 1.807) is 35.4 Å². The van der Waals surface area contributed by atoms with E-state index in [0.717, 1.165) is 23.4 Å². The highest BCUT2D eigenvalue weighted by Crippen LogP contribution is 2.33. The fourth-order valence-electron chi connectivity index (χ4n) is 5.35. The Labute approximate surface area is 255 Å². The van der Waals surface area contributed by atoms with Gasteiger partial charge in [0.1, 0.15) is 17.2 Å². The molecule has 1 aliphatic heterocycles. The number of pyridine rings is 2. The van der Waals surface area contributed by atoms with Gasteiger partial charge in [0.25, 0.3) is 0 Å². The predicted molar refractivity (Wildman–Crippen MR) is 161 cm³/mol. The van der Waals surface area contributed by atoms with Gasteiger partial charge in [0.2, 0.25) is 0 Å². The Morgan fingerprint density at radius 2 is 1.52 bits per heavy atom. The molecule has 0 bridgehead atoms. The van der Waals surface area contributed by atoms with E-state index in [1.807, 2.05) is 32.9 Å². The third kappa shape index (κ3) is 7.61. The summed E-state index contributed by atoms with van der Waals surface area (Å²) in [7, 11) is -3.56. The minimum Gasteiger partial charge on any atom is -0.444 e. The average Bonchev–Trinajstić information content (AvgIpc) is 2.94. The molecule has 1 amide bonds. The molecule has 0 radical (unpaired) electrons. The molecule has 1 aromatic carbocycles. The Hall–Kier alpha value is -3.87. The molecule has 1 saturated carbocycles. The van der Waals surface area contributed by atoms with Crippen LogP contribution < -0.4 is 10.6 Å². The van der Waals surface area contributed by atoms with Gasteiger partial charge in [-0.25, -0.2) is 23.2 Å². The summed E-state index contributed by atoms with van der Waals surface area (Å²) >= 11 is 0. The van der Waals surface area contributed by atoms with Gasteiger partial charge in [-0.05, 0) is 94.0 Å². The summed E-state index contributed by atoms with van der Waals surface area (Å²) in [5.41, 5.74) is 0.358. The van der Waals surface area contributed by atoms with Crippen molar-refractivity contribution in [3.05, 3.63) is 66.5 Å². The van der Waals surface area contributed by atoms with Crippen molar-refractivity contribution in [3.63, 3.8) is 0 Å². The number of sulfone groups is 1. The van der Waals surface area contributed by atoms with Crippen molar-refractivity contribution in [1.29, 1.82) is 0 Å². The molecule has 236 valence electrons. The Balaban J connectivity index is 1.14. The van der Waals surface area contributed by atoms with E-state index in [4.69, 9.17) is 4.74 Å². The minimum absolute atomic E-state index is 0.0503. The van der Waals surface area contributed by atoms with Crippen LogP contribution in [0.2, 0.25) is 0 Å². The van der Waals surface area contributed by atoms with E-state index in [0.29, 0.717) is 50.4 Å². The molecule has 13 heteroatoms. The first-order valence-electron chi connectivity index (χ1n) is 14.5. The first-order valence-corrected chi connectivity index (χ1v) is 16.1. The number of alkyl halides is 3. The predicted octanol–water partition coefficient (Wildman–Crippen LogP) is 6.39.